The van der Waals surface area contributed by atoms with E-state index in [1.54, 1.807) is 7.11 Å². The average Bonchev–Trinajstić information content (AvgIpc) is 3.04. The van der Waals surface area contributed by atoms with Crippen LogP contribution in [-0.4, -0.2) is 30.2 Å². The summed E-state index contributed by atoms with van der Waals surface area (Å²) in [4.78, 5) is 10.6. The molecule has 0 saturated carbocycles. The lowest BCUT2D eigenvalue weighted by atomic mass is 10.3. The number of nitrogen functional groups attached to an aromatic ring is 1. The summed E-state index contributed by atoms with van der Waals surface area (Å²) < 4.78 is 11.1. The van der Waals surface area contributed by atoms with Crippen molar-refractivity contribution in [2.24, 2.45) is 0 Å². The number of anilines is 2. The Labute approximate surface area is 123 Å². The zero-order chi connectivity index (χ0) is 14.7. The van der Waals surface area contributed by atoms with Gasteiger partial charge < -0.3 is 20.1 Å². The third-order valence-electron chi connectivity index (χ3n) is 3.51. The van der Waals surface area contributed by atoms with Crippen molar-refractivity contribution in [3.63, 3.8) is 0 Å². The van der Waals surface area contributed by atoms with Crippen molar-refractivity contribution in [3.8, 4) is 17.4 Å². The fraction of sp³-hybridized carbons (Fsp3) is 0.333. The molecule has 1 aliphatic rings. The summed E-state index contributed by atoms with van der Waals surface area (Å²) in [6, 6.07) is 7.39. The quantitative estimate of drug-likeness (QED) is 0.930. The van der Waals surface area contributed by atoms with Crippen LogP contribution < -0.4 is 20.1 Å². The number of hydrogen-bond donors (Lipinski definition) is 1. The summed E-state index contributed by atoms with van der Waals surface area (Å²) in [5.74, 6) is 2.32. The Morgan fingerprint density at radius 2 is 1.81 bits per heavy atom. The molecule has 21 heavy (non-hydrogen) atoms. The largest absolute Gasteiger partial charge is 0.493 e. The van der Waals surface area contributed by atoms with Crippen LogP contribution in [0.3, 0.4) is 0 Å². The van der Waals surface area contributed by atoms with Gasteiger partial charge in [-0.2, -0.15) is 4.98 Å². The van der Waals surface area contributed by atoms with E-state index in [1.807, 2.05) is 24.3 Å². The van der Waals surface area contributed by atoms with E-state index in [0.29, 0.717) is 23.1 Å². The summed E-state index contributed by atoms with van der Waals surface area (Å²) in [6.45, 7) is 1.94. The zero-order valence-corrected chi connectivity index (χ0v) is 12.0. The van der Waals surface area contributed by atoms with Crippen LogP contribution in [0.25, 0.3) is 0 Å². The molecule has 1 fully saturated rings. The van der Waals surface area contributed by atoms with E-state index in [1.165, 1.54) is 6.33 Å². The highest BCUT2D eigenvalue weighted by Gasteiger charge is 2.20. The molecule has 2 aromatic rings. The second kappa shape index (κ2) is 5.87. The van der Waals surface area contributed by atoms with E-state index in [9.17, 15) is 0 Å². The highest BCUT2D eigenvalue weighted by Crippen LogP contribution is 2.36. The third-order valence-corrected chi connectivity index (χ3v) is 3.51. The topological polar surface area (TPSA) is 73.5 Å². The van der Waals surface area contributed by atoms with E-state index in [0.717, 1.165) is 31.7 Å². The molecule has 1 aromatic carbocycles. The molecule has 6 heteroatoms. The fourth-order valence-electron chi connectivity index (χ4n) is 2.44. The smallest absolute Gasteiger partial charge is 0.248 e. The number of benzene rings is 1. The minimum Gasteiger partial charge on any atom is -0.493 e. The van der Waals surface area contributed by atoms with Gasteiger partial charge in [0.15, 0.2) is 17.3 Å². The molecule has 0 aliphatic carbocycles. The number of aromatic nitrogens is 2. The van der Waals surface area contributed by atoms with Crippen LogP contribution in [0.1, 0.15) is 12.8 Å². The maximum Gasteiger partial charge on any atom is 0.248 e. The Hall–Kier alpha value is -2.50. The fourth-order valence-corrected chi connectivity index (χ4v) is 2.44. The summed E-state index contributed by atoms with van der Waals surface area (Å²) >= 11 is 0. The van der Waals surface area contributed by atoms with Crippen LogP contribution in [0.2, 0.25) is 0 Å². The van der Waals surface area contributed by atoms with Crippen molar-refractivity contribution in [1.82, 2.24) is 9.97 Å². The van der Waals surface area contributed by atoms with Crippen LogP contribution in [0.5, 0.6) is 17.4 Å². The maximum atomic E-state index is 6.17. The van der Waals surface area contributed by atoms with E-state index in [-0.39, 0.29) is 0 Å². The first kappa shape index (κ1) is 13.5. The van der Waals surface area contributed by atoms with Crippen LogP contribution in [0, 0.1) is 0 Å². The molecule has 6 nitrogen and oxygen atoms in total. The van der Waals surface area contributed by atoms with Crippen molar-refractivity contribution < 1.29 is 9.47 Å². The van der Waals surface area contributed by atoms with E-state index in [4.69, 9.17) is 15.2 Å². The molecule has 110 valence electrons. The standard InChI is InChI=1S/C15H18N4O2/c1-20-11-6-2-3-7-12(11)21-15-13(16)14(17-10-18-15)19-8-4-5-9-19/h2-3,6-7,10H,4-5,8-9,16H2,1H3. The Balaban J connectivity index is 1.90. The van der Waals surface area contributed by atoms with Gasteiger partial charge in [0, 0.05) is 13.1 Å². The van der Waals surface area contributed by atoms with Crippen molar-refractivity contribution in [3.05, 3.63) is 30.6 Å². The van der Waals surface area contributed by atoms with Crippen LogP contribution in [-0.2, 0) is 0 Å². The first-order valence-electron chi connectivity index (χ1n) is 6.96. The first-order valence-corrected chi connectivity index (χ1v) is 6.96. The molecule has 1 aromatic heterocycles. The lowest BCUT2D eigenvalue weighted by Gasteiger charge is -2.19. The number of ether oxygens (including phenoxy) is 2. The lowest BCUT2D eigenvalue weighted by molar-refractivity contribution is 0.374. The van der Waals surface area contributed by atoms with Gasteiger partial charge >= 0.3 is 0 Å². The van der Waals surface area contributed by atoms with E-state index < -0.39 is 0 Å². The zero-order valence-electron chi connectivity index (χ0n) is 12.0. The maximum absolute atomic E-state index is 6.17. The number of rotatable bonds is 4. The molecule has 1 saturated heterocycles. The molecule has 0 spiro atoms. The van der Waals surface area contributed by atoms with Gasteiger partial charge in [0.25, 0.3) is 0 Å². The molecule has 0 amide bonds. The summed E-state index contributed by atoms with van der Waals surface area (Å²) in [6.07, 6.45) is 3.80. The summed E-state index contributed by atoms with van der Waals surface area (Å²) in [5, 5.41) is 0. The number of para-hydroxylation sites is 2. The normalized spacial score (nSPS) is 14.2. The second-order valence-electron chi connectivity index (χ2n) is 4.86. The number of hydrogen-bond acceptors (Lipinski definition) is 6. The summed E-state index contributed by atoms with van der Waals surface area (Å²) in [5.41, 5.74) is 6.63. The van der Waals surface area contributed by atoms with E-state index >= 15 is 0 Å². The van der Waals surface area contributed by atoms with Gasteiger partial charge in [-0.3, -0.25) is 0 Å². The van der Waals surface area contributed by atoms with Gasteiger partial charge in [0.1, 0.15) is 12.0 Å². The Bertz CT molecular complexity index is 627. The molecule has 1 aliphatic heterocycles. The molecule has 2 N–H and O–H groups in total. The molecular formula is C15H18N4O2. The van der Waals surface area contributed by atoms with Crippen molar-refractivity contribution in [1.29, 1.82) is 0 Å². The second-order valence-corrected chi connectivity index (χ2v) is 4.86. The minimum atomic E-state index is 0.358. The minimum absolute atomic E-state index is 0.358. The SMILES string of the molecule is COc1ccccc1Oc1ncnc(N2CCCC2)c1N. The summed E-state index contributed by atoms with van der Waals surface area (Å²) in [7, 11) is 1.60. The van der Waals surface area contributed by atoms with E-state index in [2.05, 4.69) is 14.9 Å². The van der Waals surface area contributed by atoms with Crippen LogP contribution in [0.15, 0.2) is 30.6 Å². The van der Waals surface area contributed by atoms with Crippen molar-refractivity contribution in [2.75, 3.05) is 30.8 Å². The molecule has 0 atom stereocenters. The Morgan fingerprint density at radius 3 is 2.52 bits per heavy atom. The molecule has 2 heterocycles. The van der Waals surface area contributed by atoms with Gasteiger partial charge in [-0.1, -0.05) is 12.1 Å². The number of nitrogens with zero attached hydrogens (tertiary/aromatic N) is 3. The predicted molar refractivity (Wildman–Crippen MR) is 81.0 cm³/mol. The van der Waals surface area contributed by atoms with Crippen LogP contribution in [0.4, 0.5) is 11.5 Å². The third kappa shape index (κ3) is 2.69. The molecule has 3 rings (SSSR count). The average molecular weight is 286 g/mol. The first-order chi connectivity index (χ1) is 10.3. The molecule has 0 radical (unpaired) electrons. The van der Waals surface area contributed by atoms with Gasteiger partial charge in [-0.05, 0) is 25.0 Å². The van der Waals surface area contributed by atoms with Crippen molar-refractivity contribution >= 4 is 11.5 Å². The number of nitrogens with two attached hydrogens (primary N) is 1. The van der Waals surface area contributed by atoms with Gasteiger partial charge in [0.05, 0.1) is 7.11 Å². The molecule has 0 bridgehead atoms. The van der Waals surface area contributed by atoms with Gasteiger partial charge in [-0.15, -0.1) is 0 Å². The van der Waals surface area contributed by atoms with Crippen molar-refractivity contribution in [2.45, 2.75) is 12.8 Å². The highest BCUT2D eigenvalue weighted by molar-refractivity contribution is 5.68. The lowest BCUT2D eigenvalue weighted by Crippen LogP contribution is -2.20. The molecular weight excluding hydrogens is 268 g/mol. The Kier molecular flexibility index (Phi) is 3.77. The number of methoxy groups -OCH3 is 1. The van der Waals surface area contributed by atoms with Gasteiger partial charge in [-0.25, -0.2) is 4.98 Å². The highest BCUT2D eigenvalue weighted by atomic mass is 16.5. The predicted octanol–water partition coefficient (Wildman–Crippen LogP) is 2.46. The Morgan fingerprint density at radius 1 is 1.10 bits per heavy atom. The molecule has 0 unspecified atom stereocenters. The van der Waals surface area contributed by atoms with Crippen LogP contribution >= 0.6 is 0 Å². The van der Waals surface area contributed by atoms with Gasteiger partial charge in [0.2, 0.25) is 5.88 Å². The monoisotopic (exact) mass is 286 g/mol.